The van der Waals surface area contributed by atoms with E-state index in [1.165, 1.54) is 22.8 Å². The van der Waals surface area contributed by atoms with Crippen molar-refractivity contribution >= 4 is 23.4 Å². The van der Waals surface area contributed by atoms with E-state index in [1.54, 1.807) is 38.4 Å². The second-order valence-electron chi connectivity index (χ2n) is 7.41. The molecular weight excluding hydrogens is 373 g/mol. The Morgan fingerprint density at radius 3 is 2.52 bits per heavy atom. The number of amides is 3. The lowest BCUT2D eigenvalue weighted by Crippen LogP contribution is -2.52. The Kier molecular flexibility index (Phi) is 5.96. The number of hydrogen-bond acceptors (Lipinski definition) is 3. The number of hydrogen-bond donors (Lipinski definition) is 1. The lowest BCUT2D eigenvalue weighted by Gasteiger charge is -2.37. The quantitative estimate of drug-likeness (QED) is 0.861. The van der Waals surface area contributed by atoms with Crippen molar-refractivity contribution in [2.75, 3.05) is 19.4 Å². The van der Waals surface area contributed by atoms with Crippen LogP contribution < -0.4 is 5.32 Å². The molecule has 0 spiro atoms. The number of benzene rings is 2. The van der Waals surface area contributed by atoms with Gasteiger partial charge in [-0.2, -0.15) is 0 Å². The summed E-state index contributed by atoms with van der Waals surface area (Å²) >= 11 is 0. The van der Waals surface area contributed by atoms with Crippen LogP contribution in [0.25, 0.3) is 0 Å². The summed E-state index contributed by atoms with van der Waals surface area (Å²) in [5.41, 5.74) is 2.75. The van der Waals surface area contributed by atoms with E-state index in [0.29, 0.717) is 17.7 Å². The first-order valence-corrected chi connectivity index (χ1v) is 9.39. The van der Waals surface area contributed by atoms with Crippen molar-refractivity contribution in [3.63, 3.8) is 0 Å². The van der Waals surface area contributed by atoms with Crippen LogP contribution in [0.1, 0.15) is 23.6 Å². The lowest BCUT2D eigenvalue weighted by atomic mass is 9.92. The second-order valence-corrected chi connectivity index (χ2v) is 7.41. The Hall–Kier alpha value is -3.22. The molecule has 2 aromatic rings. The number of rotatable bonds is 4. The maximum absolute atomic E-state index is 14.0. The number of nitrogens with one attached hydrogen (secondary N) is 1. The third-order valence-corrected chi connectivity index (χ3v) is 5.00. The molecule has 3 amide bonds. The molecule has 0 saturated carbocycles. The molecule has 0 bridgehead atoms. The molecule has 6 nitrogen and oxygen atoms in total. The van der Waals surface area contributed by atoms with Crippen LogP contribution in [0.3, 0.4) is 0 Å². The maximum Gasteiger partial charge on any atom is 0.245 e. The van der Waals surface area contributed by atoms with Gasteiger partial charge in [-0.05, 0) is 34.9 Å². The highest BCUT2D eigenvalue weighted by Crippen LogP contribution is 2.28. The third-order valence-electron chi connectivity index (χ3n) is 5.00. The van der Waals surface area contributed by atoms with Crippen molar-refractivity contribution in [2.45, 2.75) is 32.4 Å². The van der Waals surface area contributed by atoms with Gasteiger partial charge in [-0.3, -0.25) is 14.4 Å². The molecule has 0 aliphatic carbocycles. The molecule has 0 radical (unpaired) electrons. The van der Waals surface area contributed by atoms with Gasteiger partial charge in [-0.15, -0.1) is 0 Å². The van der Waals surface area contributed by atoms with Gasteiger partial charge in [0.25, 0.3) is 0 Å². The largest absolute Gasteiger partial charge is 0.347 e. The highest BCUT2D eigenvalue weighted by Gasteiger charge is 2.35. The molecule has 1 atom stereocenters. The molecule has 1 aliphatic heterocycles. The monoisotopic (exact) mass is 397 g/mol. The number of likely N-dealkylation sites (N-methyl/N-ethyl adjacent to an activating group) is 1. The Bertz CT molecular complexity index is 958. The first-order chi connectivity index (χ1) is 13.8. The molecule has 0 unspecified atom stereocenters. The fourth-order valence-corrected chi connectivity index (χ4v) is 3.55. The van der Waals surface area contributed by atoms with Crippen molar-refractivity contribution in [2.24, 2.45) is 0 Å². The van der Waals surface area contributed by atoms with E-state index in [4.69, 9.17) is 0 Å². The molecule has 1 N–H and O–H groups in total. The molecule has 152 valence electrons. The normalized spacial score (nSPS) is 15.4. The molecular formula is C22H24FN3O3. The number of fused-ring (bicyclic) bond motifs is 1. The first kappa shape index (κ1) is 20.5. The van der Waals surface area contributed by atoms with E-state index >= 15 is 0 Å². The smallest absolute Gasteiger partial charge is 0.245 e. The van der Waals surface area contributed by atoms with Crippen LogP contribution in [0.4, 0.5) is 10.1 Å². The summed E-state index contributed by atoms with van der Waals surface area (Å²) in [6, 6.07) is 11.0. The first-order valence-electron chi connectivity index (χ1n) is 9.39. The molecule has 7 heteroatoms. The minimum atomic E-state index is -0.650. The predicted octanol–water partition coefficient (Wildman–Crippen LogP) is 2.37. The van der Waals surface area contributed by atoms with E-state index in [9.17, 15) is 18.8 Å². The molecule has 0 aromatic heterocycles. The summed E-state index contributed by atoms with van der Waals surface area (Å²) in [6.45, 7) is 1.65. The second kappa shape index (κ2) is 8.43. The minimum Gasteiger partial charge on any atom is -0.347 e. The van der Waals surface area contributed by atoms with E-state index in [1.807, 2.05) is 12.1 Å². The third kappa shape index (κ3) is 4.62. The molecule has 1 heterocycles. The standard InChI is InChI=1S/C22H24FN3O3/c1-14(27)24-18-9-8-15-11-20(22(29)25(2)3)26(13-17(15)10-18)21(28)12-16-6-4-5-7-19(16)23/h4-10,20H,11-13H2,1-3H3,(H,24,27)/t20-/m1/s1. The average Bonchev–Trinajstić information content (AvgIpc) is 2.67. The van der Waals surface area contributed by atoms with Crippen LogP contribution in [-0.2, 0) is 33.8 Å². The van der Waals surface area contributed by atoms with Gasteiger partial charge in [0.15, 0.2) is 0 Å². The summed E-state index contributed by atoms with van der Waals surface area (Å²) in [6.07, 6.45) is 0.250. The van der Waals surface area contributed by atoms with Gasteiger partial charge in [-0.25, -0.2) is 4.39 Å². The van der Waals surface area contributed by atoms with Crippen LogP contribution in [0.15, 0.2) is 42.5 Å². The van der Waals surface area contributed by atoms with Crippen LogP contribution >= 0.6 is 0 Å². The van der Waals surface area contributed by atoms with Gasteiger partial charge in [0.2, 0.25) is 17.7 Å². The summed E-state index contributed by atoms with van der Waals surface area (Å²) in [5.74, 6) is -1.12. The average molecular weight is 397 g/mol. The van der Waals surface area contributed by atoms with Crippen LogP contribution in [-0.4, -0.2) is 47.7 Å². The van der Waals surface area contributed by atoms with Crippen LogP contribution in [0.5, 0.6) is 0 Å². The number of nitrogens with zero attached hydrogens (tertiary/aromatic N) is 2. The van der Waals surface area contributed by atoms with Gasteiger partial charge in [0, 0.05) is 39.7 Å². The molecule has 2 aromatic carbocycles. The van der Waals surface area contributed by atoms with Crippen molar-refractivity contribution in [1.82, 2.24) is 9.80 Å². The molecule has 3 rings (SSSR count). The molecule has 1 aliphatic rings. The SMILES string of the molecule is CC(=O)Nc1ccc2c(c1)CN(C(=O)Cc1ccccc1F)[C@@H](C(=O)N(C)C)C2. The topological polar surface area (TPSA) is 69.7 Å². The Morgan fingerprint density at radius 1 is 1.14 bits per heavy atom. The highest BCUT2D eigenvalue weighted by atomic mass is 19.1. The Balaban J connectivity index is 1.91. The number of halogens is 1. The van der Waals surface area contributed by atoms with Crippen molar-refractivity contribution in [3.8, 4) is 0 Å². The Morgan fingerprint density at radius 2 is 1.86 bits per heavy atom. The molecule has 0 saturated heterocycles. The molecule has 29 heavy (non-hydrogen) atoms. The summed E-state index contributed by atoms with van der Waals surface area (Å²) in [4.78, 5) is 40.1. The summed E-state index contributed by atoms with van der Waals surface area (Å²) in [5, 5.41) is 2.73. The van der Waals surface area contributed by atoms with Gasteiger partial charge in [0.05, 0.1) is 6.42 Å². The molecule has 0 fully saturated rings. The predicted molar refractivity (Wildman–Crippen MR) is 108 cm³/mol. The highest BCUT2D eigenvalue weighted by molar-refractivity contribution is 5.90. The summed E-state index contributed by atoms with van der Waals surface area (Å²) in [7, 11) is 3.30. The van der Waals surface area contributed by atoms with Gasteiger partial charge >= 0.3 is 0 Å². The van der Waals surface area contributed by atoms with E-state index < -0.39 is 11.9 Å². The summed E-state index contributed by atoms with van der Waals surface area (Å²) < 4.78 is 14.0. The van der Waals surface area contributed by atoms with Crippen molar-refractivity contribution in [3.05, 3.63) is 65.0 Å². The van der Waals surface area contributed by atoms with Crippen LogP contribution in [0, 0.1) is 5.82 Å². The van der Waals surface area contributed by atoms with E-state index in [-0.39, 0.29) is 30.7 Å². The maximum atomic E-state index is 14.0. The van der Waals surface area contributed by atoms with Gasteiger partial charge in [0.1, 0.15) is 11.9 Å². The zero-order chi connectivity index (χ0) is 21.1. The zero-order valence-corrected chi connectivity index (χ0v) is 16.7. The Labute approximate surface area is 169 Å². The number of carbonyl (C=O) groups excluding carboxylic acids is 3. The van der Waals surface area contributed by atoms with E-state index in [0.717, 1.165) is 11.1 Å². The van der Waals surface area contributed by atoms with Crippen LogP contribution in [0.2, 0.25) is 0 Å². The zero-order valence-electron chi connectivity index (χ0n) is 16.7. The van der Waals surface area contributed by atoms with Crippen molar-refractivity contribution < 1.29 is 18.8 Å². The lowest BCUT2D eigenvalue weighted by molar-refractivity contribution is -0.145. The minimum absolute atomic E-state index is 0.120. The van der Waals surface area contributed by atoms with E-state index in [2.05, 4.69) is 5.32 Å². The fraction of sp³-hybridized carbons (Fsp3) is 0.318. The van der Waals surface area contributed by atoms with Gasteiger partial charge in [-0.1, -0.05) is 24.3 Å². The number of carbonyl (C=O) groups is 3. The number of anilines is 1. The van der Waals surface area contributed by atoms with Gasteiger partial charge < -0.3 is 15.1 Å². The van der Waals surface area contributed by atoms with Crippen molar-refractivity contribution in [1.29, 1.82) is 0 Å². The fourth-order valence-electron chi connectivity index (χ4n) is 3.55.